The molecule has 3 heterocycles. The topological polar surface area (TPSA) is 68.2 Å². The zero-order valence-electron chi connectivity index (χ0n) is 16.6. The minimum atomic E-state index is -0.0499. The van der Waals surface area contributed by atoms with Crippen LogP contribution in [0.3, 0.4) is 0 Å². The minimum absolute atomic E-state index is 0.0499. The van der Waals surface area contributed by atoms with Crippen LogP contribution in [0, 0.1) is 5.92 Å². The van der Waals surface area contributed by atoms with E-state index in [4.69, 9.17) is 4.74 Å². The van der Waals surface area contributed by atoms with Gasteiger partial charge in [-0.05, 0) is 62.7 Å². The van der Waals surface area contributed by atoms with Crippen molar-refractivity contribution in [3.8, 4) is 0 Å². The molecular formula is C22H30N4O2. The first-order valence-electron chi connectivity index (χ1n) is 10.4. The van der Waals surface area contributed by atoms with E-state index in [9.17, 15) is 4.79 Å². The Kier molecular flexibility index (Phi) is 6.07. The molecule has 0 unspecified atom stereocenters. The van der Waals surface area contributed by atoms with Gasteiger partial charge in [0.1, 0.15) is 5.82 Å². The van der Waals surface area contributed by atoms with Crippen LogP contribution < -0.4 is 10.6 Å². The average molecular weight is 383 g/mol. The molecule has 2 fully saturated rings. The van der Waals surface area contributed by atoms with Gasteiger partial charge < -0.3 is 15.4 Å². The quantitative estimate of drug-likeness (QED) is 0.834. The van der Waals surface area contributed by atoms with Crippen molar-refractivity contribution in [2.75, 3.05) is 31.6 Å². The first-order valence-corrected chi connectivity index (χ1v) is 10.4. The molecule has 6 heteroatoms. The van der Waals surface area contributed by atoms with Gasteiger partial charge in [0.25, 0.3) is 5.91 Å². The summed E-state index contributed by atoms with van der Waals surface area (Å²) >= 11 is 0. The maximum Gasteiger partial charge on any atom is 0.257 e. The van der Waals surface area contributed by atoms with E-state index >= 15 is 0 Å². The third-order valence-corrected chi connectivity index (χ3v) is 6.01. The maximum absolute atomic E-state index is 13.0. The molecule has 1 aromatic carbocycles. The largest absolute Gasteiger partial charge is 0.381 e. The predicted molar refractivity (Wildman–Crippen MR) is 110 cm³/mol. The van der Waals surface area contributed by atoms with E-state index < -0.39 is 0 Å². The van der Waals surface area contributed by atoms with Gasteiger partial charge in [0.2, 0.25) is 0 Å². The molecule has 0 spiro atoms. The molecule has 0 atom stereocenters. The second-order valence-corrected chi connectivity index (χ2v) is 7.97. The monoisotopic (exact) mass is 382 g/mol. The molecule has 0 saturated carbocycles. The number of rotatable bonds is 5. The number of hydrogen-bond acceptors (Lipinski definition) is 4. The van der Waals surface area contributed by atoms with Crippen molar-refractivity contribution in [3.63, 3.8) is 0 Å². The second kappa shape index (κ2) is 8.88. The normalized spacial score (nSPS) is 18.9. The van der Waals surface area contributed by atoms with Crippen LogP contribution >= 0.6 is 0 Å². The summed E-state index contributed by atoms with van der Waals surface area (Å²) in [5.74, 6) is 1.76. The number of benzene rings is 1. The zero-order chi connectivity index (χ0) is 19.3. The number of carbonyl (C=O) groups is 1. The van der Waals surface area contributed by atoms with E-state index in [0.717, 1.165) is 68.2 Å². The predicted octanol–water partition coefficient (Wildman–Crippen LogP) is 3.11. The molecule has 1 aromatic heterocycles. The number of piperidine rings is 1. The highest BCUT2D eigenvalue weighted by Crippen LogP contribution is 2.28. The third-order valence-electron chi connectivity index (χ3n) is 6.01. The first kappa shape index (κ1) is 19.2. The highest BCUT2D eigenvalue weighted by atomic mass is 16.5. The Morgan fingerprint density at radius 2 is 1.96 bits per heavy atom. The van der Waals surface area contributed by atoms with E-state index in [0.29, 0.717) is 11.8 Å². The molecule has 2 aliphatic rings. The van der Waals surface area contributed by atoms with Gasteiger partial charge in [0.15, 0.2) is 0 Å². The molecule has 2 N–H and O–H groups in total. The summed E-state index contributed by atoms with van der Waals surface area (Å²) in [6.45, 7) is 3.71. The summed E-state index contributed by atoms with van der Waals surface area (Å²) in [6.07, 6.45) is 5.29. The summed E-state index contributed by atoms with van der Waals surface area (Å²) in [7, 11) is 1.89. The van der Waals surface area contributed by atoms with Gasteiger partial charge in [0, 0.05) is 37.8 Å². The fraction of sp³-hybridized carbons (Fsp3) is 0.545. The zero-order valence-corrected chi connectivity index (χ0v) is 16.6. The number of aryl methyl sites for hydroxylation is 1. The summed E-state index contributed by atoms with van der Waals surface area (Å²) in [6, 6.07) is 10.0. The van der Waals surface area contributed by atoms with Gasteiger partial charge in [-0.25, -0.2) is 0 Å². The van der Waals surface area contributed by atoms with Crippen LogP contribution in [0.4, 0.5) is 5.82 Å². The van der Waals surface area contributed by atoms with Crippen molar-refractivity contribution in [1.29, 1.82) is 0 Å². The van der Waals surface area contributed by atoms with Crippen LogP contribution in [0.5, 0.6) is 0 Å². The van der Waals surface area contributed by atoms with Gasteiger partial charge in [0.05, 0.1) is 5.69 Å². The lowest BCUT2D eigenvalue weighted by Crippen LogP contribution is -2.29. The lowest BCUT2D eigenvalue weighted by Gasteiger charge is -2.23. The lowest BCUT2D eigenvalue weighted by atomic mass is 9.89. The summed E-state index contributed by atoms with van der Waals surface area (Å²) in [5.41, 5.74) is 2.96. The molecule has 150 valence electrons. The summed E-state index contributed by atoms with van der Waals surface area (Å²) in [4.78, 5) is 13.0. The number of carbonyl (C=O) groups excluding carboxylic acids is 1. The van der Waals surface area contributed by atoms with E-state index in [1.165, 1.54) is 12.8 Å². The van der Waals surface area contributed by atoms with Crippen molar-refractivity contribution in [1.82, 2.24) is 15.1 Å². The molecule has 4 rings (SSSR count). The smallest absolute Gasteiger partial charge is 0.257 e. The van der Waals surface area contributed by atoms with Crippen LogP contribution in [0.1, 0.15) is 53.2 Å². The fourth-order valence-corrected chi connectivity index (χ4v) is 4.30. The molecule has 0 radical (unpaired) electrons. The van der Waals surface area contributed by atoms with Gasteiger partial charge in [-0.2, -0.15) is 5.10 Å². The van der Waals surface area contributed by atoms with Gasteiger partial charge >= 0.3 is 0 Å². The van der Waals surface area contributed by atoms with Crippen LogP contribution in [-0.4, -0.2) is 42.0 Å². The second-order valence-electron chi connectivity index (χ2n) is 7.97. The summed E-state index contributed by atoms with van der Waals surface area (Å²) in [5, 5.41) is 11.1. The Hall–Kier alpha value is -2.18. The molecule has 6 nitrogen and oxygen atoms in total. The Balaban J connectivity index is 1.47. The first-order chi connectivity index (χ1) is 13.7. The number of nitrogens with zero attached hydrogens (tertiary/aromatic N) is 2. The number of amides is 1. The van der Waals surface area contributed by atoms with E-state index in [-0.39, 0.29) is 5.91 Å². The van der Waals surface area contributed by atoms with Crippen LogP contribution in [-0.2, 0) is 18.2 Å². The molecule has 0 bridgehead atoms. The van der Waals surface area contributed by atoms with E-state index in [1.807, 2.05) is 31.3 Å². The van der Waals surface area contributed by atoms with Crippen molar-refractivity contribution >= 4 is 11.7 Å². The standard InChI is InChI=1S/C22H30N4O2/c1-26-21(15-20(25-26)17-8-12-28-13-9-17)24-22(27)19-5-3-2-4-18(19)14-16-6-10-23-11-7-16/h2-5,15-17,23H,6-14H2,1H3,(H,24,27). The van der Waals surface area contributed by atoms with Crippen molar-refractivity contribution < 1.29 is 9.53 Å². The minimum Gasteiger partial charge on any atom is -0.381 e. The molecule has 2 saturated heterocycles. The Labute approximate surface area is 166 Å². The van der Waals surface area contributed by atoms with Crippen molar-refractivity contribution in [2.24, 2.45) is 13.0 Å². The number of hydrogen-bond donors (Lipinski definition) is 2. The molecule has 2 aromatic rings. The van der Waals surface area contributed by atoms with Gasteiger partial charge in [-0.1, -0.05) is 18.2 Å². The number of nitrogens with one attached hydrogen (secondary N) is 2. The SMILES string of the molecule is Cn1nc(C2CCOCC2)cc1NC(=O)c1ccccc1CC1CCNCC1. The van der Waals surface area contributed by atoms with Gasteiger partial charge in [-0.15, -0.1) is 0 Å². The molecule has 0 aliphatic carbocycles. The van der Waals surface area contributed by atoms with Crippen molar-refractivity contribution in [2.45, 2.75) is 38.0 Å². The lowest BCUT2D eigenvalue weighted by molar-refractivity contribution is 0.0844. The highest BCUT2D eigenvalue weighted by molar-refractivity contribution is 6.04. The van der Waals surface area contributed by atoms with E-state index in [1.54, 1.807) is 4.68 Å². The number of aromatic nitrogens is 2. The fourth-order valence-electron chi connectivity index (χ4n) is 4.30. The molecule has 1 amide bonds. The molecule has 28 heavy (non-hydrogen) atoms. The van der Waals surface area contributed by atoms with Crippen LogP contribution in [0.15, 0.2) is 30.3 Å². The molecular weight excluding hydrogens is 352 g/mol. The number of ether oxygens (including phenoxy) is 1. The Bertz CT molecular complexity index is 805. The highest BCUT2D eigenvalue weighted by Gasteiger charge is 2.22. The van der Waals surface area contributed by atoms with E-state index in [2.05, 4.69) is 21.8 Å². The Morgan fingerprint density at radius 3 is 2.75 bits per heavy atom. The number of anilines is 1. The molecule has 2 aliphatic heterocycles. The van der Waals surface area contributed by atoms with Crippen molar-refractivity contribution in [3.05, 3.63) is 47.2 Å². The Morgan fingerprint density at radius 1 is 1.21 bits per heavy atom. The van der Waals surface area contributed by atoms with Crippen LogP contribution in [0.2, 0.25) is 0 Å². The average Bonchev–Trinajstić information content (AvgIpc) is 3.10. The maximum atomic E-state index is 13.0. The summed E-state index contributed by atoms with van der Waals surface area (Å²) < 4.78 is 7.22. The third kappa shape index (κ3) is 4.45. The van der Waals surface area contributed by atoms with Crippen LogP contribution in [0.25, 0.3) is 0 Å². The van der Waals surface area contributed by atoms with Gasteiger partial charge in [-0.3, -0.25) is 9.48 Å².